The molecule has 1 heterocycles. The van der Waals surface area contributed by atoms with Crippen LogP contribution in [-0.2, 0) is 14.3 Å². The molecule has 0 fully saturated rings. The molecular formula is C21H18F2N2O5. The lowest BCUT2D eigenvalue weighted by atomic mass is 10.1. The van der Waals surface area contributed by atoms with Crippen LogP contribution in [0.3, 0.4) is 0 Å². The lowest BCUT2D eigenvalue weighted by molar-refractivity contribution is -0.129. The number of anilines is 1. The molecule has 156 valence electrons. The third kappa shape index (κ3) is 4.99. The summed E-state index contributed by atoms with van der Waals surface area (Å²) in [6.07, 6.45) is 1.29. The van der Waals surface area contributed by atoms with Crippen molar-refractivity contribution in [2.75, 3.05) is 11.9 Å². The Morgan fingerprint density at radius 1 is 1.23 bits per heavy atom. The number of alkyl halides is 2. The number of hydrogen-bond donors (Lipinski definition) is 1. The van der Waals surface area contributed by atoms with Crippen molar-refractivity contribution >= 4 is 29.5 Å². The molecule has 1 aliphatic heterocycles. The molecule has 0 radical (unpaired) electrons. The van der Waals surface area contributed by atoms with Crippen molar-refractivity contribution in [2.45, 2.75) is 20.5 Å². The standard InChI is InChI=1S/C21H18F2N2O5/c1-3-28-17-6-4-5-14(18(17)29-21(22)23)11-16-20(27)30-19(25-16)13-7-9-15(10-8-13)24-12(2)26/h4-11,21H,3H2,1-2H3,(H,24,26)/b16-11-. The molecule has 0 bridgehead atoms. The molecule has 0 atom stereocenters. The number of hydrogen-bond acceptors (Lipinski definition) is 6. The van der Waals surface area contributed by atoms with Gasteiger partial charge in [0.15, 0.2) is 17.2 Å². The Labute approximate surface area is 171 Å². The van der Waals surface area contributed by atoms with Gasteiger partial charge in [0.1, 0.15) is 0 Å². The Morgan fingerprint density at radius 2 is 1.97 bits per heavy atom. The normalized spacial score (nSPS) is 14.5. The Morgan fingerprint density at radius 3 is 2.60 bits per heavy atom. The van der Waals surface area contributed by atoms with E-state index >= 15 is 0 Å². The number of esters is 1. The van der Waals surface area contributed by atoms with E-state index in [9.17, 15) is 18.4 Å². The third-order valence-electron chi connectivity index (χ3n) is 3.88. The molecule has 0 saturated heterocycles. The average Bonchev–Trinajstić information content (AvgIpc) is 3.05. The lowest BCUT2D eigenvalue weighted by Gasteiger charge is -2.13. The minimum atomic E-state index is -3.07. The SMILES string of the molecule is CCOc1cccc(/C=C2\N=C(c3ccc(NC(C)=O)cc3)OC2=O)c1OC(F)F. The van der Waals surface area contributed by atoms with Gasteiger partial charge in [-0.05, 0) is 43.3 Å². The van der Waals surface area contributed by atoms with Crippen molar-refractivity contribution in [3.8, 4) is 11.5 Å². The predicted molar refractivity (Wildman–Crippen MR) is 106 cm³/mol. The summed E-state index contributed by atoms with van der Waals surface area (Å²) in [5, 5.41) is 2.63. The van der Waals surface area contributed by atoms with Gasteiger partial charge >= 0.3 is 12.6 Å². The quantitative estimate of drug-likeness (QED) is 0.545. The number of para-hydroxylation sites is 1. The van der Waals surface area contributed by atoms with E-state index < -0.39 is 12.6 Å². The fourth-order valence-electron chi connectivity index (χ4n) is 2.71. The van der Waals surface area contributed by atoms with Crippen LogP contribution in [0.25, 0.3) is 6.08 Å². The van der Waals surface area contributed by atoms with Gasteiger partial charge in [0, 0.05) is 23.7 Å². The number of carbonyl (C=O) groups is 2. The maximum Gasteiger partial charge on any atom is 0.387 e. The first-order valence-electron chi connectivity index (χ1n) is 8.98. The van der Waals surface area contributed by atoms with Crippen molar-refractivity contribution in [3.63, 3.8) is 0 Å². The number of cyclic esters (lactones) is 1. The number of benzene rings is 2. The van der Waals surface area contributed by atoms with Crippen LogP contribution in [0, 0.1) is 0 Å². The Kier molecular flexibility index (Phi) is 6.41. The second-order valence-electron chi connectivity index (χ2n) is 6.08. The first-order valence-corrected chi connectivity index (χ1v) is 8.98. The molecule has 30 heavy (non-hydrogen) atoms. The molecule has 7 nitrogen and oxygen atoms in total. The van der Waals surface area contributed by atoms with Gasteiger partial charge in [-0.15, -0.1) is 0 Å². The highest BCUT2D eigenvalue weighted by molar-refractivity contribution is 6.13. The summed E-state index contributed by atoms with van der Waals surface area (Å²) in [6, 6.07) is 11.1. The zero-order valence-corrected chi connectivity index (χ0v) is 16.1. The molecule has 0 aliphatic carbocycles. The van der Waals surface area contributed by atoms with Crippen molar-refractivity contribution in [1.82, 2.24) is 0 Å². The number of ether oxygens (including phenoxy) is 3. The Hall–Kier alpha value is -3.75. The van der Waals surface area contributed by atoms with E-state index in [2.05, 4.69) is 15.0 Å². The summed E-state index contributed by atoms with van der Waals surface area (Å²) in [5.74, 6) is -0.971. The highest BCUT2D eigenvalue weighted by atomic mass is 19.3. The predicted octanol–water partition coefficient (Wildman–Crippen LogP) is 3.99. The summed E-state index contributed by atoms with van der Waals surface area (Å²) < 4.78 is 40.8. The zero-order valence-electron chi connectivity index (χ0n) is 16.1. The Bertz CT molecular complexity index is 1020. The molecule has 0 aromatic heterocycles. The molecule has 9 heteroatoms. The van der Waals surface area contributed by atoms with Crippen molar-refractivity contribution in [3.05, 3.63) is 59.3 Å². The molecule has 2 aromatic carbocycles. The van der Waals surface area contributed by atoms with Crippen LogP contribution in [0.4, 0.5) is 14.5 Å². The first-order chi connectivity index (χ1) is 14.4. The molecule has 2 aromatic rings. The van der Waals surface area contributed by atoms with Crippen molar-refractivity contribution in [2.24, 2.45) is 4.99 Å². The van der Waals surface area contributed by atoms with Crippen molar-refractivity contribution < 1.29 is 32.6 Å². The summed E-state index contributed by atoms with van der Waals surface area (Å²) in [5.41, 5.74) is 1.20. The van der Waals surface area contributed by atoms with Crippen molar-refractivity contribution in [1.29, 1.82) is 0 Å². The molecule has 3 rings (SSSR count). The van der Waals surface area contributed by atoms with E-state index in [0.29, 0.717) is 11.3 Å². The van der Waals surface area contributed by atoms with E-state index in [-0.39, 0.29) is 41.2 Å². The van der Waals surface area contributed by atoms with Crippen LogP contribution in [-0.4, -0.2) is 31.0 Å². The third-order valence-corrected chi connectivity index (χ3v) is 3.88. The molecule has 0 unspecified atom stereocenters. The average molecular weight is 416 g/mol. The van der Waals surface area contributed by atoms with Crippen LogP contribution in [0.2, 0.25) is 0 Å². The van der Waals surface area contributed by atoms with Gasteiger partial charge in [-0.1, -0.05) is 12.1 Å². The maximum absolute atomic E-state index is 12.9. The van der Waals surface area contributed by atoms with Gasteiger partial charge in [0.25, 0.3) is 0 Å². The topological polar surface area (TPSA) is 86.2 Å². The van der Waals surface area contributed by atoms with E-state index in [0.717, 1.165) is 0 Å². The number of aliphatic imine (C=N–C) groups is 1. The number of halogens is 2. The van der Waals surface area contributed by atoms with Gasteiger partial charge in [-0.2, -0.15) is 8.78 Å². The van der Waals surface area contributed by atoms with Gasteiger partial charge in [0.05, 0.1) is 6.61 Å². The van der Waals surface area contributed by atoms with E-state index in [1.807, 2.05) is 0 Å². The molecule has 1 N–H and O–H groups in total. The van der Waals surface area contributed by atoms with E-state index in [1.54, 1.807) is 37.3 Å². The van der Waals surface area contributed by atoms with Crippen LogP contribution >= 0.6 is 0 Å². The minimum absolute atomic E-state index is 0.0536. The van der Waals surface area contributed by atoms with E-state index in [1.165, 1.54) is 25.1 Å². The fraction of sp³-hybridized carbons (Fsp3) is 0.190. The number of carbonyl (C=O) groups excluding carboxylic acids is 2. The van der Waals surface area contributed by atoms with Crippen LogP contribution < -0.4 is 14.8 Å². The van der Waals surface area contributed by atoms with Gasteiger partial charge in [-0.3, -0.25) is 4.79 Å². The smallest absolute Gasteiger partial charge is 0.387 e. The van der Waals surface area contributed by atoms with Gasteiger partial charge in [0.2, 0.25) is 11.8 Å². The maximum atomic E-state index is 12.9. The molecular weight excluding hydrogens is 398 g/mol. The molecule has 1 amide bonds. The Balaban J connectivity index is 1.92. The summed E-state index contributed by atoms with van der Waals surface area (Å²) in [6.45, 7) is 0.276. The zero-order chi connectivity index (χ0) is 21.7. The second kappa shape index (κ2) is 9.17. The molecule has 0 spiro atoms. The lowest BCUT2D eigenvalue weighted by Crippen LogP contribution is -2.08. The molecule has 1 aliphatic rings. The van der Waals surface area contributed by atoms with Gasteiger partial charge < -0.3 is 19.5 Å². The van der Waals surface area contributed by atoms with Crippen LogP contribution in [0.15, 0.2) is 53.2 Å². The van der Waals surface area contributed by atoms with Gasteiger partial charge in [-0.25, -0.2) is 9.79 Å². The summed E-state index contributed by atoms with van der Waals surface area (Å²) in [7, 11) is 0. The largest absolute Gasteiger partial charge is 0.490 e. The number of nitrogens with one attached hydrogen (secondary N) is 1. The first kappa shape index (κ1) is 21.0. The molecule has 0 saturated carbocycles. The number of amides is 1. The minimum Gasteiger partial charge on any atom is -0.490 e. The summed E-state index contributed by atoms with van der Waals surface area (Å²) >= 11 is 0. The highest BCUT2D eigenvalue weighted by Crippen LogP contribution is 2.35. The highest BCUT2D eigenvalue weighted by Gasteiger charge is 2.25. The number of rotatable bonds is 7. The fourth-order valence-corrected chi connectivity index (χ4v) is 2.71. The number of nitrogens with zero attached hydrogens (tertiary/aromatic N) is 1. The van der Waals surface area contributed by atoms with E-state index in [4.69, 9.17) is 9.47 Å². The second-order valence-corrected chi connectivity index (χ2v) is 6.08. The monoisotopic (exact) mass is 416 g/mol. The van der Waals surface area contributed by atoms with Crippen LogP contribution in [0.1, 0.15) is 25.0 Å². The van der Waals surface area contributed by atoms with Crippen LogP contribution in [0.5, 0.6) is 11.5 Å². The summed E-state index contributed by atoms with van der Waals surface area (Å²) in [4.78, 5) is 27.5.